The third-order valence-electron chi connectivity index (χ3n) is 3.36. The third kappa shape index (κ3) is 4.13. The number of benzene rings is 1. The molecule has 0 aliphatic rings. The summed E-state index contributed by atoms with van der Waals surface area (Å²) in [5.74, 6) is -0.0139. The highest BCUT2D eigenvalue weighted by molar-refractivity contribution is 7.71. The first-order valence-corrected chi connectivity index (χ1v) is 7.67. The van der Waals surface area contributed by atoms with Crippen molar-refractivity contribution in [2.45, 2.75) is 33.4 Å². The normalized spacial score (nSPS) is 11.8. The van der Waals surface area contributed by atoms with Crippen LogP contribution in [0.25, 0.3) is 5.57 Å². The fourth-order valence-corrected chi connectivity index (χ4v) is 2.63. The highest BCUT2D eigenvalue weighted by Crippen LogP contribution is 2.17. The van der Waals surface area contributed by atoms with Gasteiger partial charge in [0, 0.05) is 17.7 Å². The number of hydrogen-bond donors (Lipinski definition) is 2. The minimum atomic E-state index is -0.352. The molecule has 0 saturated carbocycles. The van der Waals surface area contributed by atoms with E-state index in [1.165, 1.54) is 12.1 Å². The first-order chi connectivity index (χ1) is 10.9. The van der Waals surface area contributed by atoms with Crippen molar-refractivity contribution in [3.8, 4) is 0 Å². The number of hydrogen-bond acceptors (Lipinski definition) is 3. The average molecular weight is 334 g/mol. The predicted octanol–water partition coefficient (Wildman–Crippen LogP) is 3.38. The van der Waals surface area contributed by atoms with Gasteiger partial charge in [0.05, 0.1) is 6.54 Å². The summed E-state index contributed by atoms with van der Waals surface area (Å²) in [4.78, 5) is 12.0. The van der Waals surface area contributed by atoms with Crippen molar-refractivity contribution >= 4 is 23.7 Å². The zero-order valence-corrected chi connectivity index (χ0v) is 14.1. The fraction of sp³-hybridized carbons (Fsp3) is 0.312. The van der Waals surface area contributed by atoms with Crippen molar-refractivity contribution in [2.24, 2.45) is 0 Å². The van der Waals surface area contributed by atoms with E-state index in [-0.39, 0.29) is 24.3 Å². The Morgan fingerprint density at radius 2 is 2.17 bits per heavy atom. The SMILES string of the molecule is C/C(=C\C(=O)NCc1n[nH]c(=S)n1C(C)C)c1ccccc1F. The summed E-state index contributed by atoms with van der Waals surface area (Å²) >= 11 is 5.16. The van der Waals surface area contributed by atoms with Crippen LogP contribution < -0.4 is 5.32 Å². The van der Waals surface area contributed by atoms with E-state index in [9.17, 15) is 9.18 Å². The standard InChI is InChI=1S/C16H19FN4OS/c1-10(2)21-14(19-20-16(21)23)9-18-15(22)8-11(3)12-6-4-5-7-13(12)17/h4-8,10H,9H2,1-3H3,(H,18,22)(H,20,23)/b11-8+. The van der Waals surface area contributed by atoms with Crippen LogP contribution in [0.4, 0.5) is 4.39 Å². The lowest BCUT2D eigenvalue weighted by Gasteiger charge is -2.10. The van der Waals surface area contributed by atoms with Crippen molar-refractivity contribution in [1.29, 1.82) is 0 Å². The van der Waals surface area contributed by atoms with Crippen molar-refractivity contribution in [3.05, 3.63) is 52.3 Å². The maximum atomic E-state index is 13.7. The lowest BCUT2D eigenvalue weighted by atomic mass is 10.1. The smallest absolute Gasteiger partial charge is 0.244 e. The molecule has 1 aromatic heterocycles. The van der Waals surface area contributed by atoms with E-state index >= 15 is 0 Å². The van der Waals surface area contributed by atoms with Crippen LogP contribution in [0.2, 0.25) is 0 Å². The monoisotopic (exact) mass is 334 g/mol. The van der Waals surface area contributed by atoms with Crippen LogP contribution in [-0.2, 0) is 11.3 Å². The van der Waals surface area contributed by atoms with E-state index in [0.29, 0.717) is 21.7 Å². The molecule has 1 heterocycles. The largest absolute Gasteiger partial charge is 0.345 e. The summed E-state index contributed by atoms with van der Waals surface area (Å²) in [6, 6.07) is 6.49. The predicted molar refractivity (Wildman–Crippen MR) is 89.7 cm³/mol. The molecular weight excluding hydrogens is 315 g/mol. The average Bonchev–Trinajstić information content (AvgIpc) is 2.86. The van der Waals surface area contributed by atoms with Gasteiger partial charge >= 0.3 is 0 Å². The molecule has 7 heteroatoms. The number of H-pyrrole nitrogens is 1. The lowest BCUT2D eigenvalue weighted by Crippen LogP contribution is -2.23. The molecule has 0 unspecified atom stereocenters. The maximum Gasteiger partial charge on any atom is 0.244 e. The van der Waals surface area contributed by atoms with Crippen molar-refractivity contribution < 1.29 is 9.18 Å². The molecule has 2 aromatic rings. The Morgan fingerprint density at radius 1 is 1.48 bits per heavy atom. The molecule has 5 nitrogen and oxygen atoms in total. The quantitative estimate of drug-likeness (QED) is 0.651. The maximum absolute atomic E-state index is 13.7. The van der Waals surface area contributed by atoms with Crippen LogP contribution in [-0.4, -0.2) is 20.7 Å². The molecule has 2 rings (SSSR count). The molecule has 0 aliphatic heterocycles. The highest BCUT2D eigenvalue weighted by Gasteiger charge is 2.10. The Morgan fingerprint density at radius 3 is 2.83 bits per heavy atom. The molecule has 0 bridgehead atoms. The number of nitrogens with one attached hydrogen (secondary N) is 2. The van der Waals surface area contributed by atoms with Gasteiger partial charge in [0.2, 0.25) is 5.91 Å². The van der Waals surface area contributed by atoms with Gasteiger partial charge in [-0.2, -0.15) is 5.10 Å². The fourth-order valence-electron chi connectivity index (χ4n) is 2.27. The molecule has 23 heavy (non-hydrogen) atoms. The number of amides is 1. The summed E-state index contributed by atoms with van der Waals surface area (Å²) in [7, 11) is 0. The topological polar surface area (TPSA) is 62.7 Å². The molecule has 0 atom stereocenters. The second-order valence-corrected chi connectivity index (χ2v) is 5.82. The van der Waals surface area contributed by atoms with Crippen molar-refractivity contribution in [3.63, 3.8) is 0 Å². The number of carbonyl (C=O) groups is 1. The zero-order chi connectivity index (χ0) is 17.0. The molecule has 0 fully saturated rings. The van der Waals surface area contributed by atoms with Gasteiger partial charge in [0.15, 0.2) is 10.6 Å². The van der Waals surface area contributed by atoms with Crippen LogP contribution in [0.3, 0.4) is 0 Å². The molecule has 1 aromatic carbocycles. The molecule has 1 amide bonds. The van der Waals surface area contributed by atoms with Crippen LogP contribution >= 0.6 is 12.2 Å². The van der Waals surface area contributed by atoms with Gasteiger partial charge in [-0.3, -0.25) is 9.89 Å². The number of carbonyl (C=O) groups excluding carboxylic acids is 1. The van der Waals surface area contributed by atoms with Crippen LogP contribution in [0.15, 0.2) is 30.3 Å². The van der Waals surface area contributed by atoms with Gasteiger partial charge in [-0.1, -0.05) is 18.2 Å². The number of aromatic amines is 1. The van der Waals surface area contributed by atoms with Crippen molar-refractivity contribution in [1.82, 2.24) is 20.1 Å². The molecule has 0 aliphatic carbocycles. The second kappa shape index (κ2) is 7.32. The van der Waals surface area contributed by atoms with Crippen LogP contribution in [0.5, 0.6) is 0 Å². The van der Waals surface area contributed by atoms with Gasteiger partial charge in [0.25, 0.3) is 0 Å². The van der Waals surface area contributed by atoms with E-state index in [1.54, 1.807) is 25.1 Å². The number of allylic oxidation sites excluding steroid dienone is 1. The summed E-state index contributed by atoms with van der Waals surface area (Å²) in [6.07, 6.45) is 1.37. The van der Waals surface area contributed by atoms with E-state index in [2.05, 4.69) is 15.5 Å². The minimum Gasteiger partial charge on any atom is -0.345 e. The van der Waals surface area contributed by atoms with Gasteiger partial charge in [-0.15, -0.1) is 0 Å². The number of aromatic nitrogens is 3. The highest BCUT2D eigenvalue weighted by atomic mass is 32.1. The molecular formula is C16H19FN4OS. The van der Waals surface area contributed by atoms with Gasteiger partial charge in [-0.05, 0) is 44.6 Å². The summed E-state index contributed by atoms with van der Waals surface area (Å²) in [5, 5.41) is 9.57. The summed E-state index contributed by atoms with van der Waals surface area (Å²) in [6.45, 7) is 5.91. The first-order valence-electron chi connectivity index (χ1n) is 7.27. The van der Waals surface area contributed by atoms with E-state index in [0.717, 1.165) is 0 Å². The van der Waals surface area contributed by atoms with E-state index in [1.807, 2.05) is 18.4 Å². The van der Waals surface area contributed by atoms with E-state index < -0.39 is 0 Å². The molecule has 122 valence electrons. The Kier molecular flexibility index (Phi) is 5.44. The Bertz CT molecular complexity index is 791. The van der Waals surface area contributed by atoms with E-state index in [4.69, 9.17) is 12.2 Å². The number of halogens is 1. The zero-order valence-electron chi connectivity index (χ0n) is 13.3. The molecule has 2 N–H and O–H groups in total. The molecule has 0 radical (unpaired) electrons. The lowest BCUT2D eigenvalue weighted by molar-refractivity contribution is -0.116. The number of rotatable bonds is 5. The van der Waals surface area contributed by atoms with Crippen LogP contribution in [0, 0.1) is 10.6 Å². The Labute approximate surface area is 139 Å². The first kappa shape index (κ1) is 17.1. The van der Waals surface area contributed by atoms with Crippen molar-refractivity contribution in [2.75, 3.05) is 0 Å². The Balaban J connectivity index is 2.07. The summed E-state index contributed by atoms with van der Waals surface area (Å²) < 4.78 is 16.0. The molecule has 0 spiro atoms. The Hall–Kier alpha value is -2.28. The third-order valence-corrected chi connectivity index (χ3v) is 3.65. The van der Waals surface area contributed by atoms with Crippen LogP contribution in [0.1, 0.15) is 38.2 Å². The molecule has 0 saturated heterocycles. The summed E-state index contributed by atoms with van der Waals surface area (Å²) in [5.41, 5.74) is 0.968. The second-order valence-electron chi connectivity index (χ2n) is 5.43. The number of nitrogens with zero attached hydrogens (tertiary/aromatic N) is 2. The van der Waals surface area contributed by atoms with Gasteiger partial charge < -0.3 is 9.88 Å². The minimum absolute atomic E-state index is 0.142. The van der Waals surface area contributed by atoms with Gasteiger partial charge in [-0.25, -0.2) is 4.39 Å². The van der Waals surface area contributed by atoms with Gasteiger partial charge in [0.1, 0.15) is 5.82 Å².